The number of para-hydroxylation sites is 2. The van der Waals surface area contributed by atoms with Gasteiger partial charge in [0, 0.05) is 64.8 Å². The second-order valence-corrected chi connectivity index (χ2v) is 14.3. The summed E-state index contributed by atoms with van der Waals surface area (Å²) in [6.45, 7) is 6.44. The lowest BCUT2D eigenvalue weighted by atomic mass is 9.53. The molecule has 1 unspecified atom stereocenters. The molecule has 6 aliphatic heterocycles. The lowest BCUT2D eigenvalue weighted by Gasteiger charge is -2.59. The van der Waals surface area contributed by atoms with Crippen LogP contribution in [0.15, 0.2) is 89.2 Å². The van der Waals surface area contributed by atoms with Crippen LogP contribution < -0.4 is 9.80 Å². The van der Waals surface area contributed by atoms with Crippen molar-refractivity contribution in [2.75, 3.05) is 37.7 Å². The minimum atomic E-state index is -0.552. The van der Waals surface area contributed by atoms with E-state index in [-0.39, 0.29) is 29.9 Å². The van der Waals surface area contributed by atoms with Gasteiger partial charge in [0.25, 0.3) is 0 Å². The summed E-state index contributed by atoms with van der Waals surface area (Å²) >= 11 is 0. The molecule has 10 rings (SSSR count). The summed E-state index contributed by atoms with van der Waals surface area (Å²) in [5, 5.41) is 24.1. The topological polar surface area (TPSA) is 67.2 Å². The van der Waals surface area contributed by atoms with E-state index in [1.807, 2.05) is 0 Å². The zero-order valence-electron chi connectivity index (χ0n) is 25.4. The second kappa shape index (κ2) is 9.07. The van der Waals surface area contributed by atoms with Gasteiger partial charge in [0.2, 0.25) is 0 Å². The Balaban J connectivity index is 1.17. The van der Waals surface area contributed by atoms with Crippen molar-refractivity contribution in [3.8, 4) is 0 Å². The number of quaternary nitrogens is 1. The summed E-state index contributed by atoms with van der Waals surface area (Å²) in [6, 6.07) is 18.5. The van der Waals surface area contributed by atoms with Crippen molar-refractivity contribution in [1.29, 1.82) is 0 Å². The summed E-state index contributed by atoms with van der Waals surface area (Å²) in [6.07, 6.45) is 10.6. The lowest BCUT2D eigenvalue weighted by Crippen LogP contribution is -3.11. The van der Waals surface area contributed by atoms with Gasteiger partial charge in [-0.1, -0.05) is 55.0 Å². The first kappa shape index (κ1) is 25.9. The summed E-state index contributed by atoms with van der Waals surface area (Å²) in [4.78, 5) is 10.6. The smallest absolute Gasteiger partial charge is 0.156 e. The van der Waals surface area contributed by atoms with Crippen molar-refractivity contribution in [2.24, 2.45) is 11.8 Å². The molecular weight excluding hydrogens is 544 g/mol. The van der Waals surface area contributed by atoms with E-state index in [0.717, 1.165) is 57.4 Å². The molecule has 4 N–H and O–H groups in total. The van der Waals surface area contributed by atoms with E-state index in [2.05, 4.69) is 88.6 Å². The average molecular weight is 586 g/mol. The monoisotopic (exact) mass is 585 g/mol. The summed E-state index contributed by atoms with van der Waals surface area (Å²) < 4.78 is 0. The molecule has 0 radical (unpaired) electrons. The highest BCUT2D eigenvalue weighted by molar-refractivity contribution is 5.89. The highest BCUT2D eigenvalue weighted by Crippen LogP contribution is 2.65. The van der Waals surface area contributed by atoms with Gasteiger partial charge in [-0.25, -0.2) is 0 Å². The molecule has 1 spiro atoms. The minimum absolute atomic E-state index is 0.0437. The second-order valence-electron chi connectivity index (χ2n) is 14.3. The van der Waals surface area contributed by atoms with Crippen molar-refractivity contribution in [2.45, 2.75) is 56.2 Å². The predicted octanol–water partition coefficient (Wildman–Crippen LogP) is 3.70. The number of H-pyrrole nitrogens is 1. The zero-order chi connectivity index (χ0) is 29.3. The average Bonchev–Trinajstić information content (AvgIpc) is 3.73. The number of aromatic amines is 1. The molecule has 2 bridgehead atoms. The summed E-state index contributed by atoms with van der Waals surface area (Å²) in [7, 11) is 0. The van der Waals surface area contributed by atoms with Crippen LogP contribution in [0, 0.1) is 11.8 Å². The Hall–Kier alpha value is -3.42. The molecule has 7 atom stereocenters. The number of piperidine rings is 1. The van der Waals surface area contributed by atoms with E-state index < -0.39 is 6.10 Å². The SMILES string of the molecule is CCC1=C(C2=CN3c4ccccc4[C@]45CCN6C/C(=C/CO)[C@H](C[C@H]64)[C@@H]([C@@H]2O)[C@H]35)C=C2c3[nH]c4ccccc4c3CC[NH+]2C1. The maximum Gasteiger partial charge on any atom is 0.156 e. The third-order valence-corrected chi connectivity index (χ3v) is 12.8. The normalized spacial score (nSPS) is 35.8. The predicted molar refractivity (Wildman–Crippen MR) is 173 cm³/mol. The van der Waals surface area contributed by atoms with Gasteiger partial charge in [-0.3, -0.25) is 9.80 Å². The molecule has 1 aromatic heterocycles. The molecule has 6 nitrogen and oxygen atoms in total. The van der Waals surface area contributed by atoms with Gasteiger partial charge >= 0.3 is 0 Å². The van der Waals surface area contributed by atoms with Gasteiger partial charge in [0.1, 0.15) is 12.2 Å². The molecular formula is C38H41N4O2+. The Morgan fingerprint density at radius 3 is 2.89 bits per heavy atom. The van der Waals surface area contributed by atoms with Crippen molar-refractivity contribution < 1.29 is 15.1 Å². The number of allylic oxidation sites excluding steroid dienone is 1. The fourth-order valence-electron chi connectivity index (χ4n) is 11.1. The van der Waals surface area contributed by atoms with Crippen LogP contribution in [0.4, 0.5) is 5.69 Å². The first-order valence-electron chi connectivity index (χ1n) is 16.8. The van der Waals surface area contributed by atoms with Gasteiger partial charge in [-0.2, -0.15) is 0 Å². The number of fused-ring (bicyclic) bond motifs is 9. The molecule has 7 aliphatic rings. The van der Waals surface area contributed by atoms with Crippen LogP contribution >= 0.6 is 0 Å². The third kappa shape index (κ3) is 3.10. The quantitative estimate of drug-likeness (QED) is 0.354. The fraction of sp³-hybridized carbons (Fsp3) is 0.421. The van der Waals surface area contributed by atoms with Crippen molar-refractivity contribution in [3.63, 3.8) is 0 Å². The van der Waals surface area contributed by atoms with E-state index in [4.69, 9.17) is 0 Å². The molecule has 6 heteroatoms. The van der Waals surface area contributed by atoms with E-state index >= 15 is 0 Å². The number of benzene rings is 2. The van der Waals surface area contributed by atoms with E-state index in [9.17, 15) is 10.2 Å². The number of hydrogen-bond acceptors (Lipinski definition) is 4. The van der Waals surface area contributed by atoms with Crippen LogP contribution in [0.25, 0.3) is 16.6 Å². The maximum atomic E-state index is 12.7. The summed E-state index contributed by atoms with van der Waals surface area (Å²) in [5.74, 6) is 0.357. The molecule has 224 valence electrons. The number of aliphatic hydroxyl groups is 2. The third-order valence-electron chi connectivity index (χ3n) is 12.8. The largest absolute Gasteiger partial charge is 0.392 e. The van der Waals surface area contributed by atoms with Crippen LogP contribution in [-0.4, -0.2) is 71.1 Å². The number of nitrogens with one attached hydrogen (secondary N) is 2. The zero-order valence-corrected chi connectivity index (χ0v) is 25.4. The lowest BCUT2D eigenvalue weighted by molar-refractivity contribution is -0.822. The molecule has 0 amide bonds. The molecule has 3 fully saturated rings. The Kier molecular flexibility index (Phi) is 5.33. The molecule has 1 saturated carbocycles. The first-order chi connectivity index (χ1) is 21.6. The highest BCUT2D eigenvalue weighted by Gasteiger charge is 2.69. The van der Waals surface area contributed by atoms with Crippen LogP contribution in [0.1, 0.15) is 43.0 Å². The Morgan fingerprint density at radius 1 is 1.14 bits per heavy atom. The van der Waals surface area contributed by atoms with Gasteiger partial charge in [0.05, 0.1) is 25.3 Å². The molecule has 7 heterocycles. The van der Waals surface area contributed by atoms with E-state index in [0.29, 0.717) is 6.04 Å². The van der Waals surface area contributed by atoms with Gasteiger partial charge < -0.3 is 20.1 Å². The van der Waals surface area contributed by atoms with Crippen LogP contribution in [0.2, 0.25) is 0 Å². The van der Waals surface area contributed by atoms with Crippen LogP contribution in [0.5, 0.6) is 0 Å². The highest BCUT2D eigenvalue weighted by atomic mass is 16.3. The Labute approximate surface area is 258 Å². The van der Waals surface area contributed by atoms with Gasteiger partial charge in [-0.05, 0) is 66.1 Å². The molecule has 2 saturated heterocycles. The van der Waals surface area contributed by atoms with Crippen LogP contribution in [-0.2, 0) is 11.8 Å². The maximum absolute atomic E-state index is 12.7. The standard InChI is InChI=1S/C38H40N4O2/c1-2-22-19-40-14-11-25-24-7-3-5-9-30(24)39-35(25)32(40)17-26(22)28-21-42-31-10-6-4-8-29(31)38-13-15-41-20-23(12-16-43)27(18-33(38)41)34(36(28)44)37(38)42/h3-10,12,17,21,27,33-34,36-37,39,43-44H,2,11,13-16,18-20H2,1H3/p+1/b23-12-/t27-,33-,34-,36+,37-,38+/m0/s1. The Bertz CT molecular complexity index is 1860. The van der Waals surface area contributed by atoms with Gasteiger partial charge in [-0.15, -0.1) is 0 Å². The van der Waals surface area contributed by atoms with Gasteiger partial charge in [0.15, 0.2) is 5.70 Å². The van der Waals surface area contributed by atoms with E-state index in [1.165, 1.54) is 60.7 Å². The van der Waals surface area contributed by atoms with Crippen molar-refractivity contribution in [1.82, 2.24) is 9.88 Å². The molecule has 3 aromatic rings. The van der Waals surface area contributed by atoms with Crippen LogP contribution in [0.3, 0.4) is 0 Å². The fourth-order valence-corrected chi connectivity index (χ4v) is 11.1. The van der Waals surface area contributed by atoms with Crippen molar-refractivity contribution >= 4 is 22.3 Å². The molecule has 44 heavy (non-hydrogen) atoms. The number of rotatable bonds is 3. The molecule has 1 aliphatic carbocycles. The number of aliphatic hydroxyl groups excluding tert-OH is 2. The Morgan fingerprint density at radius 2 is 2.00 bits per heavy atom. The minimum Gasteiger partial charge on any atom is -0.392 e. The van der Waals surface area contributed by atoms with Crippen molar-refractivity contribution in [3.05, 3.63) is 106 Å². The number of hydrogen-bond donors (Lipinski definition) is 4. The number of aromatic nitrogens is 1. The summed E-state index contributed by atoms with van der Waals surface area (Å²) in [5.41, 5.74) is 13.3. The number of anilines is 1. The first-order valence-corrected chi connectivity index (χ1v) is 16.8. The number of nitrogens with zero attached hydrogens (tertiary/aromatic N) is 2. The van der Waals surface area contributed by atoms with E-state index in [1.54, 1.807) is 0 Å². The molecule has 2 aromatic carbocycles.